The molecule has 1 aromatic carbocycles. The largest absolute Gasteiger partial charge is 0.497 e. The zero-order chi connectivity index (χ0) is 20.1. The maximum absolute atomic E-state index is 12.6. The second kappa shape index (κ2) is 9.25. The molecule has 28 heavy (non-hydrogen) atoms. The summed E-state index contributed by atoms with van der Waals surface area (Å²) in [6.07, 6.45) is 1.92. The molecule has 1 aliphatic rings. The maximum atomic E-state index is 12.6. The number of nitrogens with zero attached hydrogens (tertiary/aromatic N) is 4. The molecule has 150 valence electrons. The SMILES string of the molecule is C=CCn1c(SCC(=O)N2C[C@@H](C)O[C@H](C)C2)nnc1-c1ccc(OC)cc1. The number of methoxy groups -OCH3 is 1. The van der Waals surface area contributed by atoms with E-state index in [2.05, 4.69) is 16.8 Å². The number of hydrogen-bond acceptors (Lipinski definition) is 6. The Kier molecular flexibility index (Phi) is 6.74. The summed E-state index contributed by atoms with van der Waals surface area (Å²) in [5, 5.41) is 9.34. The topological polar surface area (TPSA) is 69.5 Å². The normalized spacial score (nSPS) is 19.5. The van der Waals surface area contributed by atoms with Gasteiger partial charge in [0.05, 0.1) is 25.1 Å². The van der Waals surface area contributed by atoms with Gasteiger partial charge in [0.25, 0.3) is 0 Å². The molecular weight excluding hydrogens is 376 g/mol. The first-order valence-corrected chi connectivity index (χ1v) is 10.2. The minimum atomic E-state index is 0.0591. The quantitative estimate of drug-likeness (QED) is 0.524. The van der Waals surface area contributed by atoms with Crippen molar-refractivity contribution in [2.75, 3.05) is 26.0 Å². The van der Waals surface area contributed by atoms with Gasteiger partial charge in [0.2, 0.25) is 5.91 Å². The first kappa shape index (κ1) is 20.4. The lowest BCUT2D eigenvalue weighted by Crippen LogP contribution is -2.48. The van der Waals surface area contributed by atoms with E-state index in [9.17, 15) is 4.79 Å². The molecule has 0 unspecified atom stereocenters. The van der Waals surface area contributed by atoms with E-state index in [1.165, 1.54) is 11.8 Å². The van der Waals surface area contributed by atoms with Crippen molar-refractivity contribution in [2.24, 2.45) is 0 Å². The highest BCUT2D eigenvalue weighted by Gasteiger charge is 2.26. The summed E-state index contributed by atoms with van der Waals surface area (Å²) in [7, 11) is 1.64. The molecule has 2 atom stereocenters. The number of carbonyl (C=O) groups excluding carboxylic acids is 1. The average molecular weight is 403 g/mol. The van der Waals surface area contributed by atoms with Crippen LogP contribution in [0.1, 0.15) is 13.8 Å². The molecule has 0 saturated carbocycles. The van der Waals surface area contributed by atoms with E-state index in [1.807, 2.05) is 47.6 Å². The van der Waals surface area contributed by atoms with E-state index >= 15 is 0 Å². The highest BCUT2D eigenvalue weighted by atomic mass is 32.2. The van der Waals surface area contributed by atoms with Crippen LogP contribution in [0.25, 0.3) is 11.4 Å². The number of amides is 1. The van der Waals surface area contributed by atoms with Crippen LogP contribution >= 0.6 is 11.8 Å². The number of morpholine rings is 1. The second-order valence-corrected chi connectivity index (χ2v) is 7.72. The lowest BCUT2D eigenvalue weighted by atomic mass is 10.2. The van der Waals surface area contributed by atoms with Gasteiger partial charge in [0.1, 0.15) is 5.75 Å². The van der Waals surface area contributed by atoms with E-state index in [1.54, 1.807) is 13.2 Å². The summed E-state index contributed by atoms with van der Waals surface area (Å²) in [5.41, 5.74) is 0.934. The standard InChI is InChI=1S/C20H26N4O3S/c1-5-10-24-19(16-6-8-17(26-4)9-7-16)21-22-20(24)28-13-18(25)23-11-14(2)27-15(3)12-23/h5-9,14-15H,1,10-13H2,2-4H3/t14-,15-/m1/s1. The molecule has 8 heteroatoms. The molecule has 0 N–H and O–H groups in total. The Bertz CT molecular complexity index is 811. The third-order valence-electron chi connectivity index (χ3n) is 4.47. The Hall–Kier alpha value is -2.32. The third-order valence-corrected chi connectivity index (χ3v) is 5.43. The highest BCUT2D eigenvalue weighted by Crippen LogP contribution is 2.26. The summed E-state index contributed by atoms with van der Waals surface area (Å²) < 4.78 is 12.9. The minimum absolute atomic E-state index is 0.0591. The van der Waals surface area contributed by atoms with Crippen LogP contribution in [0, 0.1) is 0 Å². The fourth-order valence-electron chi connectivity index (χ4n) is 3.24. The van der Waals surface area contributed by atoms with E-state index < -0.39 is 0 Å². The first-order valence-electron chi connectivity index (χ1n) is 9.26. The number of aromatic nitrogens is 3. The smallest absolute Gasteiger partial charge is 0.233 e. The van der Waals surface area contributed by atoms with Crippen molar-refractivity contribution in [3.05, 3.63) is 36.9 Å². The fraction of sp³-hybridized carbons (Fsp3) is 0.450. The van der Waals surface area contributed by atoms with Gasteiger partial charge in [-0.15, -0.1) is 16.8 Å². The molecule has 2 aromatic rings. The molecule has 1 fully saturated rings. The lowest BCUT2D eigenvalue weighted by molar-refractivity contribution is -0.140. The summed E-state index contributed by atoms with van der Waals surface area (Å²) in [5.74, 6) is 1.93. The van der Waals surface area contributed by atoms with Crippen LogP contribution in [0.15, 0.2) is 42.1 Å². The lowest BCUT2D eigenvalue weighted by Gasteiger charge is -2.35. The van der Waals surface area contributed by atoms with Crippen LogP contribution in [0.4, 0.5) is 0 Å². The van der Waals surface area contributed by atoms with Crippen LogP contribution in [-0.2, 0) is 16.1 Å². The monoisotopic (exact) mass is 402 g/mol. The van der Waals surface area contributed by atoms with E-state index in [0.29, 0.717) is 30.5 Å². The van der Waals surface area contributed by atoms with Crippen LogP contribution < -0.4 is 4.74 Å². The molecule has 1 aromatic heterocycles. The summed E-state index contributed by atoms with van der Waals surface area (Å²) >= 11 is 1.40. The van der Waals surface area contributed by atoms with Crippen molar-refractivity contribution in [1.29, 1.82) is 0 Å². The Labute approximate surface area is 169 Å². The van der Waals surface area contributed by atoms with Crippen molar-refractivity contribution in [3.63, 3.8) is 0 Å². The van der Waals surface area contributed by atoms with Gasteiger partial charge in [-0.05, 0) is 38.1 Å². The Morgan fingerprint density at radius 3 is 2.57 bits per heavy atom. The molecule has 1 saturated heterocycles. The van der Waals surface area contributed by atoms with Crippen molar-refractivity contribution in [3.8, 4) is 17.1 Å². The van der Waals surface area contributed by atoms with Gasteiger partial charge in [0.15, 0.2) is 11.0 Å². The fourth-order valence-corrected chi connectivity index (χ4v) is 4.09. The number of ether oxygens (including phenoxy) is 2. The molecule has 0 bridgehead atoms. The van der Waals surface area contributed by atoms with Gasteiger partial charge in [-0.1, -0.05) is 17.8 Å². The van der Waals surface area contributed by atoms with Crippen molar-refractivity contribution in [2.45, 2.75) is 37.8 Å². The van der Waals surface area contributed by atoms with Gasteiger partial charge in [-0.25, -0.2) is 0 Å². The molecule has 3 rings (SSSR count). The van der Waals surface area contributed by atoms with Crippen molar-refractivity contribution in [1.82, 2.24) is 19.7 Å². The molecule has 1 amide bonds. The summed E-state index contributed by atoms with van der Waals surface area (Å²) in [6, 6.07) is 7.66. The van der Waals surface area contributed by atoms with Crippen LogP contribution in [0.5, 0.6) is 5.75 Å². The van der Waals surface area contributed by atoms with Crippen LogP contribution in [0.2, 0.25) is 0 Å². The summed E-state index contributed by atoms with van der Waals surface area (Å²) in [4.78, 5) is 14.5. The molecular formula is C20H26N4O3S. The zero-order valence-corrected chi connectivity index (χ0v) is 17.3. The molecule has 0 aliphatic carbocycles. The van der Waals surface area contributed by atoms with Gasteiger partial charge in [0, 0.05) is 25.2 Å². The second-order valence-electron chi connectivity index (χ2n) is 6.78. The van der Waals surface area contributed by atoms with Gasteiger partial charge >= 0.3 is 0 Å². The minimum Gasteiger partial charge on any atom is -0.497 e. The zero-order valence-electron chi connectivity index (χ0n) is 16.5. The third kappa shape index (κ3) is 4.74. The average Bonchev–Trinajstić information content (AvgIpc) is 3.08. The van der Waals surface area contributed by atoms with E-state index in [4.69, 9.17) is 9.47 Å². The number of benzene rings is 1. The number of thioether (sulfide) groups is 1. The van der Waals surface area contributed by atoms with Gasteiger partial charge in [-0.3, -0.25) is 9.36 Å². The molecule has 7 nitrogen and oxygen atoms in total. The summed E-state index contributed by atoms with van der Waals surface area (Å²) in [6.45, 7) is 9.63. The molecule has 2 heterocycles. The number of hydrogen-bond donors (Lipinski definition) is 0. The predicted octanol–water partition coefficient (Wildman–Crippen LogP) is 2.87. The molecule has 0 radical (unpaired) electrons. The van der Waals surface area contributed by atoms with Crippen LogP contribution in [0.3, 0.4) is 0 Å². The number of allylic oxidation sites excluding steroid dienone is 1. The van der Waals surface area contributed by atoms with Gasteiger partial charge in [-0.2, -0.15) is 0 Å². The Balaban J connectivity index is 1.72. The number of rotatable bonds is 7. The number of carbonyl (C=O) groups is 1. The molecule has 1 aliphatic heterocycles. The van der Waals surface area contributed by atoms with Crippen molar-refractivity contribution >= 4 is 17.7 Å². The maximum Gasteiger partial charge on any atom is 0.233 e. The van der Waals surface area contributed by atoms with E-state index in [0.717, 1.165) is 17.1 Å². The van der Waals surface area contributed by atoms with Crippen molar-refractivity contribution < 1.29 is 14.3 Å². The van der Waals surface area contributed by atoms with Crippen LogP contribution in [-0.4, -0.2) is 63.7 Å². The predicted molar refractivity (Wildman–Crippen MR) is 110 cm³/mol. The first-order chi connectivity index (χ1) is 13.5. The highest BCUT2D eigenvalue weighted by molar-refractivity contribution is 7.99. The van der Waals surface area contributed by atoms with E-state index in [-0.39, 0.29) is 18.1 Å². The van der Waals surface area contributed by atoms with Gasteiger partial charge < -0.3 is 14.4 Å². The molecule has 0 spiro atoms. The Morgan fingerprint density at radius 2 is 1.96 bits per heavy atom. The Morgan fingerprint density at radius 1 is 1.29 bits per heavy atom.